The molecule has 2 fully saturated rings. The van der Waals surface area contributed by atoms with Crippen molar-refractivity contribution in [1.29, 1.82) is 0 Å². The Bertz CT molecular complexity index is 785. The number of morpholine rings is 1. The van der Waals surface area contributed by atoms with Crippen LogP contribution < -0.4 is 10.6 Å². The number of hydrogen-bond acceptors (Lipinski definition) is 4. The van der Waals surface area contributed by atoms with E-state index in [0.717, 1.165) is 45.4 Å². The molecule has 4 rings (SSSR count). The maximum atomic E-state index is 5.60. The minimum atomic E-state index is 0. The summed E-state index contributed by atoms with van der Waals surface area (Å²) in [6, 6.07) is 21.4. The summed E-state index contributed by atoms with van der Waals surface area (Å²) in [7, 11) is 1.86. The fourth-order valence-electron chi connectivity index (χ4n) is 4.60. The number of aliphatic imine (C=N–C) groups is 1. The lowest BCUT2D eigenvalue weighted by atomic mass is 9.91. The maximum absolute atomic E-state index is 5.60. The van der Waals surface area contributed by atoms with E-state index < -0.39 is 0 Å². The molecule has 2 aromatic carbocycles. The SMILES string of the molecule is CN=C(NCC(c1ccccc1)c1ccccc1)NCC1(N2CCOCC2)CCSC1.I. The Labute approximate surface area is 213 Å². The number of halogens is 1. The van der Waals surface area contributed by atoms with Crippen LogP contribution in [0.25, 0.3) is 0 Å². The number of ether oxygens (including phenoxy) is 1. The second kappa shape index (κ2) is 12.8. The van der Waals surface area contributed by atoms with E-state index in [-0.39, 0.29) is 35.4 Å². The topological polar surface area (TPSA) is 48.9 Å². The summed E-state index contributed by atoms with van der Waals surface area (Å²) in [5.74, 6) is 3.56. The monoisotopic (exact) mass is 566 g/mol. The molecule has 2 aliphatic rings. The number of benzene rings is 2. The number of thioether (sulfide) groups is 1. The van der Waals surface area contributed by atoms with E-state index in [4.69, 9.17) is 4.74 Å². The van der Waals surface area contributed by atoms with Gasteiger partial charge in [0, 0.05) is 50.4 Å². The molecule has 1 atom stereocenters. The summed E-state index contributed by atoms with van der Waals surface area (Å²) in [4.78, 5) is 7.16. The van der Waals surface area contributed by atoms with Gasteiger partial charge in [0.15, 0.2) is 5.96 Å². The molecule has 0 saturated carbocycles. The van der Waals surface area contributed by atoms with Gasteiger partial charge in [-0.25, -0.2) is 0 Å². The second-order valence-electron chi connectivity index (χ2n) is 8.31. The van der Waals surface area contributed by atoms with Crippen LogP contribution >= 0.6 is 35.7 Å². The van der Waals surface area contributed by atoms with Crippen molar-refractivity contribution in [3.63, 3.8) is 0 Å². The Morgan fingerprint density at radius 3 is 2.19 bits per heavy atom. The summed E-state index contributed by atoms with van der Waals surface area (Å²) >= 11 is 2.06. The zero-order chi connectivity index (χ0) is 21.4. The van der Waals surface area contributed by atoms with Gasteiger partial charge >= 0.3 is 0 Å². The van der Waals surface area contributed by atoms with Crippen LogP contribution in [0.4, 0.5) is 0 Å². The second-order valence-corrected chi connectivity index (χ2v) is 9.41. The van der Waals surface area contributed by atoms with Gasteiger partial charge in [-0.2, -0.15) is 11.8 Å². The van der Waals surface area contributed by atoms with Gasteiger partial charge in [0.2, 0.25) is 0 Å². The van der Waals surface area contributed by atoms with Gasteiger partial charge in [-0.05, 0) is 23.3 Å². The van der Waals surface area contributed by atoms with Gasteiger partial charge in [-0.3, -0.25) is 9.89 Å². The Morgan fingerprint density at radius 1 is 1.03 bits per heavy atom. The average molecular weight is 567 g/mol. The van der Waals surface area contributed by atoms with E-state index >= 15 is 0 Å². The molecule has 0 spiro atoms. The largest absolute Gasteiger partial charge is 0.379 e. The van der Waals surface area contributed by atoms with Crippen molar-refractivity contribution in [2.45, 2.75) is 17.9 Å². The lowest BCUT2D eigenvalue weighted by molar-refractivity contribution is -0.0120. The molecule has 2 aromatic rings. The van der Waals surface area contributed by atoms with Crippen molar-refractivity contribution in [2.75, 3.05) is 57.9 Å². The summed E-state index contributed by atoms with van der Waals surface area (Å²) < 4.78 is 5.60. The molecule has 2 N–H and O–H groups in total. The van der Waals surface area contributed by atoms with Gasteiger partial charge < -0.3 is 15.4 Å². The Hall–Kier alpha value is -1.29. The van der Waals surface area contributed by atoms with Crippen molar-refractivity contribution in [1.82, 2.24) is 15.5 Å². The molecule has 0 aromatic heterocycles. The number of nitrogens with zero attached hydrogens (tertiary/aromatic N) is 2. The van der Waals surface area contributed by atoms with E-state index in [1.807, 2.05) is 7.05 Å². The highest BCUT2D eigenvalue weighted by molar-refractivity contribution is 14.0. The molecular weight excluding hydrogens is 531 g/mol. The third kappa shape index (κ3) is 6.40. The van der Waals surface area contributed by atoms with E-state index in [2.05, 4.69) is 93.0 Å². The number of guanidine groups is 1. The van der Waals surface area contributed by atoms with Crippen molar-refractivity contribution >= 4 is 41.7 Å². The molecule has 32 heavy (non-hydrogen) atoms. The molecule has 7 heteroatoms. The first-order valence-electron chi connectivity index (χ1n) is 11.3. The maximum Gasteiger partial charge on any atom is 0.191 e. The molecule has 2 aliphatic heterocycles. The Balaban J connectivity index is 0.00000289. The molecule has 2 saturated heterocycles. The van der Waals surface area contributed by atoms with Crippen LogP contribution in [0.1, 0.15) is 23.5 Å². The fourth-order valence-corrected chi connectivity index (χ4v) is 6.08. The van der Waals surface area contributed by atoms with Gasteiger partial charge in [-0.1, -0.05) is 60.7 Å². The smallest absolute Gasteiger partial charge is 0.191 e. The molecule has 5 nitrogen and oxygen atoms in total. The van der Waals surface area contributed by atoms with E-state index in [9.17, 15) is 0 Å². The Morgan fingerprint density at radius 2 is 1.66 bits per heavy atom. The first-order chi connectivity index (χ1) is 15.3. The molecule has 0 amide bonds. The zero-order valence-corrected chi connectivity index (χ0v) is 22.0. The van der Waals surface area contributed by atoms with Crippen LogP contribution in [0.2, 0.25) is 0 Å². The fraction of sp³-hybridized carbons (Fsp3) is 0.480. The summed E-state index contributed by atoms with van der Waals surface area (Å²) in [6.45, 7) is 5.45. The van der Waals surface area contributed by atoms with Crippen molar-refractivity contribution in [3.8, 4) is 0 Å². The van der Waals surface area contributed by atoms with E-state index in [1.54, 1.807) is 0 Å². The van der Waals surface area contributed by atoms with Crippen LogP contribution in [0.15, 0.2) is 65.7 Å². The molecule has 2 heterocycles. The molecule has 1 unspecified atom stereocenters. The number of hydrogen-bond donors (Lipinski definition) is 2. The van der Waals surface area contributed by atoms with E-state index in [0.29, 0.717) is 0 Å². The molecule has 174 valence electrons. The zero-order valence-electron chi connectivity index (χ0n) is 18.8. The minimum Gasteiger partial charge on any atom is -0.379 e. The predicted molar refractivity (Wildman–Crippen MR) is 147 cm³/mol. The Kier molecular flexibility index (Phi) is 10.1. The lowest BCUT2D eigenvalue weighted by Crippen LogP contribution is -2.60. The molecule has 0 bridgehead atoms. The standard InChI is InChI=1S/C25H34N4OS.HI/c1-26-24(28-19-25(12-17-31-20-25)29-13-15-30-16-14-29)27-18-23(21-8-4-2-5-9-21)22-10-6-3-7-11-22;/h2-11,23H,12-20H2,1H3,(H2,26,27,28);1H. The molecule has 0 radical (unpaired) electrons. The van der Waals surface area contributed by atoms with Crippen LogP contribution in [0.3, 0.4) is 0 Å². The van der Waals surface area contributed by atoms with Crippen LogP contribution in [0.5, 0.6) is 0 Å². The number of rotatable bonds is 7. The normalized spacial score (nSPS) is 21.9. The van der Waals surface area contributed by atoms with Crippen molar-refractivity contribution < 1.29 is 4.74 Å². The number of nitrogens with one attached hydrogen (secondary N) is 2. The summed E-state index contributed by atoms with van der Waals surface area (Å²) in [6.07, 6.45) is 1.22. The van der Waals surface area contributed by atoms with Crippen LogP contribution in [0, 0.1) is 0 Å². The third-order valence-corrected chi connectivity index (χ3v) is 7.68. The van der Waals surface area contributed by atoms with Crippen LogP contribution in [-0.2, 0) is 4.74 Å². The highest BCUT2D eigenvalue weighted by atomic mass is 127. The summed E-state index contributed by atoms with van der Waals surface area (Å²) in [5.41, 5.74) is 2.83. The lowest BCUT2D eigenvalue weighted by Gasteiger charge is -2.43. The molecular formula is C25H35IN4OS. The van der Waals surface area contributed by atoms with Crippen molar-refractivity contribution in [3.05, 3.63) is 71.8 Å². The van der Waals surface area contributed by atoms with E-state index in [1.165, 1.54) is 29.1 Å². The molecule has 0 aliphatic carbocycles. The highest BCUT2D eigenvalue weighted by Crippen LogP contribution is 2.33. The van der Waals surface area contributed by atoms with Crippen LogP contribution in [-0.4, -0.2) is 74.3 Å². The average Bonchev–Trinajstić information content (AvgIpc) is 3.33. The first-order valence-corrected chi connectivity index (χ1v) is 12.4. The first kappa shape index (κ1) is 25.3. The van der Waals surface area contributed by atoms with Gasteiger partial charge in [0.05, 0.1) is 13.2 Å². The minimum absolute atomic E-state index is 0. The van der Waals surface area contributed by atoms with Gasteiger partial charge in [-0.15, -0.1) is 24.0 Å². The van der Waals surface area contributed by atoms with Crippen molar-refractivity contribution in [2.24, 2.45) is 4.99 Å². The van der Waals surface area contributed by atoms with Gasteiger partial charge in [0.25, 0.3) is 0 Å². The predicted octanol–water partition coefficient (Wildman–Crippen LogP) is 3.81. The van der Waals surface area contributed by atoms with Gasteiger partial charge in [0.1, 0.15) is 0 Å². The third-order valence-electron chi connectivity index (χ3n) is 6.45. The highest BCUT2D eigenvalue weighted by Gasteiger charge is 2.40. The quantitative estimate of drug-likeness (QED) is 0.304. The summed E-state index contributed by atoms with van der Waals surface area (Å²) in [5, 5.41) is 7.25.